The molecule has 1 aliphatic rings. The molecule has 0 aromatic rings. The lowest BCUT2D eigenvalue weighted by atomic mass is 9.80. The summed E-state index contributed by atoms with van der Waals surface area (Å²) in [5.41, 5.74) is 0.984. The summed E-state index contributed by atoms with van der Waals surface area (Å²) in [6, 6.07) is 0.611. The third-order valence-electron chi connectivity index (χ3n) is 12.1. The lowest BCUT2D eigenvalue weighted by Gasteiger charge is -2.34. The molecular formula is C45H89NO. The number of rotatable bonds is 32. The first-order chi connectivity index (χ1) is 22.5. The molecule has 0 N–H and O–H groups in total. The Bertz CT molecular complexity index is 675. The van der Waals surface area contributed by atoms with E-state index in [0.717, 1.165) is 32.4 Å². The molecule has 2 heteroatoms. The van der Waals surface area contributed by atoms with E-state index in [4.69, 9.17) is 0 Å². The molecule has 2 nitrogen and oxygen atoms in total. The second-order valence-corrected chi connectivity index (χ2v) is 18.2. The minimum Gasteiger partial charge on any atom is -0.301 e. The normalized spacial score (nSPS) is 15.4. The Balaban J connectivity index is 2.41. The van der Waals surface area contributed by atoms with Gasteiger partial charge in [0, 0.05) is 18.4 Å². The van der Waals surface area contributed by atoms with Crippen molar-refractivity contribution in [3.63, 3.8) is 0 Å². The van der Waals surface area contributed by atoms with E-state index >= 15 is 0 Å². The van der Waals surface area contributed by atoms with Gasteiger partial charge in [-0.15, -0.1) is 0 Å². The number of Topliss-reactive ketones (excluding diaryl/α,β-unsaturated/α-hetero) is 1. The monoisotopic (exact) mass is 660 g/mol. The topological polar surface area (TPSA) is 20.3 Å². The number of piperidine rings is 1. The first kappa shape index (κ1) is 44.7. The fourth-order valence-electron chi connectivity index (χ4n) is 8.34. The molecular weight excluding hydrogens is 571 g/mol. The molecule has 0 aliphatic carbocycles. The first-order valence-corrected chi connectivity index (χ1v) is 21.8. The van der Waals surface area contributed by atoms with Gasteiger partial charge in [0.25, 0.3) is 0 Å². The fraction of sp³-hybridized carbons (Fsp3) is 0.978. The van der Waals surface area contributed by atoms with Crippen LogP contribution in [0.3, 0.4) is 0 Å². The summed E-state index contributed by atoms with van der Waals surface area (Å²) < 4.78 is 0. The molecule has 0 radical (unpaired) electrons. The Morgan fingerprint density at radius 2 is 0.894 bits per heavy atom. The van der Waals surface area contributed by atoms with Gasteiger partial charge in [-0.1, -0.05) is 183 Å². The number of likely N-dealkylation sites (tertiary alicyclic amines) is 1. The zero-order valence-electron chi connectivity index (χ0n) is 34.0. The van der Waals surface area contributed by atoms with E-state index in [9.17, 15) is 4.79 Å². The SMILES string of the molecule is CCCCCCCCCC(C)(C)CCCCCC(CCCCCC(C)(C)CCCCCCCCC)CC(=O)C1CCN(C(C)C)CC1. The molecule has 0 spiro atoms. The first-order valence-electron chi connectivity index (χ1n) is 21.8. The van der Waals surface area contributed by atoms with Crippen LogP contribution in [0.5, 0.6) is 0 Å². The van der Waals surface area contributed by atoms with Crippen LogP contribution in [-0.2, 0) is 4.79 Å². The van der Waals surface area contributed by atoms with E-state index in [1.54, 1.807) is 0 Å². The average molecular weight is 660 g/mol. The minimum atomic E-state index is 0.326. The van der Waals surface area contributed by atoms with Crippen LogP contribution in [-0.4, -0.2) is 29.8 Å². The van der Waals surface area contributed by atoms with Crippen LogP contribution in [0.25, 0.3) is 0 Å². The average Bonchev–Trinajstić information content (AvgIpc) is 3.03. The van der Waals surface area contributed by atoms with Gasteiger partial charge >= 0.3 is 0 Å². The summed E-state index contributed by atoms with van der Waals surface area (Å²) in [7, 11) is 0. The lowest BCUT2D eigenvalue weighted by molar-refractivity contribution is -0.125. The van der Waals surface area contributed by atoms with E-state index in [-0.39, 0.29) is 0 Å². The van der Waals surface area contributed by atoms with Gasteiger partial charge in [0.15, 0.2) is 0 Å². The van der Waals surface area contributed by atoms with Gasteiger partial charge in [-0.05, 0) is 82.2 Å². The number of nitrogens with zero attached hydrogens (tertiary/aromatic N) is 1. The van der Waals surface area contributed by atoms with Gasteiger partial charge in [0.1, 0.15) is 5.78 Å². The Kier molecular flexibility index (Phi) is 26.0. The molecule has 0 unspecified atom stereocenters. The Hall–Kier alpha value is -0.370. The van der Waals surface area contributed by atoms with Gasteiger partial charge in [-0.3, -0.25) is 4.79 Å². The second kappa shape index (κ2) is 27.4. The Morgan fingerprint density at radius 1 is 0.553 bits per heavy atom. The highest BCUT2D eigenvalue weighted by atomic mass is 16.1. The molecule has 280 valence electrons. The standard InChI is InChI=1S/C45H89NO/c1-9-11-13-15-17-19-25-33-44(5,6)35-27-21-23-29-41(39-43(47)42-31-37-46(38-32-42)40(3)4)30-24-22-28-36-45(7,8)34-26-20-18-16-14-12-10-2/h40-42H,9-39H2,1-8H3. The van der Waals surface area contributed by atoms with Crippen LogP contribution in [0.1, 0.15) is 242 Å². The number of hydrogen-bond acceptors (Lipinski definition) is 2. The molecule has 0 aromatic carbocycles. The summed E-state index contributed by atoms with van der Waals surface area (Å²) in [5.74, 6) is 1.55. The highest BCUT2D eigenvalue weighted by Gasteiger charge is 2.27. The summed E-state index contributed by atoms with van der Waals surface area (Å²) >= 11 is 0. The molecule has 0 aromatic heterocycles. The van der Waals surface area contributed by atoms with Crippen LogP contribution in [0, 0.1) is 22.7 Å². The number of ketones is 1. The third kappa shape index (κ3) is 24.4. The molecule has 1 aliphatic heterocycles. The maximum Gasteiger partial charge on any atom is 0.136 e. The highest BCUT2D eigenvalue weighted by Crippen LogP contribution is 2.33. The number of hydrogen-bond donors (Lipinski definition) is 0. The van der Waals surface area contributed by atoms with E-state index in [1.165, 1.54) is 167 Å². The van der Waals surface area contributed by atoms with Crippen LogP contribution < -0.4 is 0 Å². The van der Waals surface area contributed by atoms with Gasteiger partial charge in [0.05, 0.1) is 0 Å². The Morgan fingerprint density at radius 3 is 1.26 bits per heavy atom. The van der Waals surface area contributed by atoms with E-state index in [1.807, 2.05) is 0 Å². The number of carbonyl (C=O) groups is 1. The van der Waals surface area contributed by atoms with Crippen molar-refractivity contribution >= 4 is 5.78 Å². The van der Waals surface area contributed by atoms with Crippen LogP contribution in [0.15, 0.2) is 0 Å². The van der Waals surface area contributed by atoms with Gasteiger partial charge in [-0.25, -0.2) is 0 Å². The molecule has 0 bridgehead atoms. The van der Waals surface area contributed by atoms with Crippen molar-refractivity contribution in [3.8, 4) is 0 Å². The molecule has 1 rings (SSSR count). The van der Waals surface area contributed by atoms with Gasteiger partial charge in [-0.2, -0.15) is 0 Å². The molecule has 0 atom stereocenters. The number of unbranched alkanes of at least 4 members (excludes halogenated alkanes) is 16. The van der Waals surface area contributed by atoms with E-state index < -0.39 is 0 Å². The van der Waals surface area contributed by atoms with Crippen molar-refractivity contribution in [2.75, 3.05) is 13.1 Å². The van der Waals surface area contributed by atoms with Gasteiger partial charge in [0.2, 0.25) is 0 Å². The molecule has 47 heavy (non-hydrogen) atoms. The lowest BCUT2D eigenvalue weighted by Crippen LogP contribution is -2.40. The third-order valence-corrected chi connectivity index (χ3v) is 12.1. The predicted molar refractivity (Wildman–Crippen MR) is 211 cm³/mol. The molecule has 1 heterocycles. The van der Waals surface area contributed by atoms with E-state index in [0.29, 0.717) is 34.5 Å². The second-order valence-electron chi connectivity index (χ2n) is 18.2. The quantitative estimate of drug-likeness (QED) is 0.0670. The van der Waals surface area contributed by atoms with Gasteiger partial charge < -0.3 is 4.90 Å². The molecule has 0 amide bonds. The van der Waals surface area contributed by atoms with Crippen LogP contribution in [0.2, 0.25) is 0 Å². The van der Waals surface area contributed by atoms with Crippen molar-refractivity contribution in [2.45, 2.75) is 248 Å². The summed E-state index contributed by atoms with van der Waals surface area (Å²) in [6.07, 6.45) is 39.0. The van der Waals surface area contributed by atoms with E-state index in [2.05, 4.69) is 60.3 Å². The highest BCUT2D eigenvalue weighted by molar-refractivity contribution is 5.81. The maximum absolute atomic E-state index is 13.5. The number of carbonyl (C=O) groups excluding carboxylic acids is 1. The zero-order valence-corrected chi connectivity index (χ0v) is 34.0. The maximum atomic E-state index is 13.5. The Labute approximate surface area is 298 Å². The van der Waals surface area contributed by atoms with Crippen molar-refractivity contribution in [1.29, 1.82) is 0 Å². The van der Waals surface area contributed by atoms with Crippen molar-refractivity contribution in [2.24, 2.45) is 22.7 Å². The largest absolute Gasteiger partial charge is 0.301 e. The molecule has 0 saturated carbocycles. The van der Waals surface area contributed by atoms with Crippen LogP contribution in [0.4, 0.5) is 0 Å². The summed E-state index contributed by atoms with van der Waals surface area (Å²) in [6.45, 7) is 21.5. The summed E-state index contributed by atoms with van der Waals surface area (Å²) in [4.78, 5) is 16.1. The van der Waals surface area contributed by atoms with Crippen molar-refractivity contribution in [1.82, 2.24) is 4.90 Å². The summed E-state index contributed by atoms with van der Waals surface area (Å²) in [5, 5.41) is 0. The predicted octanol–water partition coefficient (Wildman–Crippen LogP) is 14.9. The smallest absolute Gasteiger partial charge is 0.136 e. The van der Waals surface area contributed by atoms with Crippen molar-refractivity contribution < 1.29 is 4.79 Å². The van der Waals surface area contributed by atoms with Crippen LogP contribution >= 0.6 is 0 Å². The molecule has 1 fully saturated rings. The molecule has 1 saturated heterocycles. The zero-order chi connectivity index (χ0) is 34.8. The van der Waals surface area contributed by atoms with Crippen molar-refractivity contribution in [3.05, 3.63) is 0 Å². The fourth-order valence-corrected chi connectivity index (χ4v) is 8.34. The minimum absolute atomic E-state index is 0.326.